The molecule has 0 unspecified atom stereocenters. The van der Waals surface area contributed by atoms with E-state index in [1.807, 2.05) is 58.4 Å². The summed E-state index contributed by atoms with van der Waals surface area (Å²) in [5.74, 6) is 0. The highest BCUT2D eigenvalue weighted by Gasteiger charge is 2.09. The number of hydrogen-bond acceptors (Lipinski definition) is 4. The van der Waals surface area contributed by atoms with Crippen LogP contribution in [0.15, 0.2) is 58.8 Å². The molecule has 0 aliphatic carbocycles. The number of oxime groups is 2. The van der Waals surface area contributed by atoms with Gasteiger partial charge in [0.1, 0.15) is 0 Å². The number of aromatic nitrogens is 1. The largest absolute Gasteiger partial charge is 0.412 e. The molecule has 19 heavy (non-hydrogen) atoms. The zero-order chi connectivity index (χ0) is 13.5. The Kier molecular flexibility index (Phi) is 4.17. The lowest BCUT2D eigenvalue weighted by Crippen LogP contribution is -2.37. The molecule has 2 N–H and O–H groups in total. The number of rotatable bonds is 3. The van der Waals surface area contributed by atoms with Crippen LogP contribution in [-0.2, 0) is 0 Å². The lowest BCUT2D eigenvalue weighted by Gasteiger charge is -1.98. The van der Waals surface area contributed by atoms with Crippen LogP contribution in [-0.4, -0.2) is 40.3 Å². The standard InChI is InChI=1S/C13H12N4O2/c18-14-9-12-1-5-16(6-2-12)11-17-7-3-13(4-8-17)10-15-19/h1-7,9-11H,8H2/p+2. The van der Waals surface area contributed by atoms with Gasteiger partial charge in [-0.1, -0.05) is 10.3 Å². The molecule has 0 fully saturated rings. The van der Waals surface area contributed by atoms with E-state index in [0.717, 1.165) is 11.1 Å². The average molecular weight is 258 g/mol. The maximum Gasteiger partial charge on any atom is 0.412 e. The Morgan fingerprint density at radius 3 is 2.42 bits per heavy atom. The van der Waals surface area contributed by atoms with E-state index in [9.17, 15) is 0 Å². The van der Waals surface area contributed by atoms with Gasteiger partial charge in [0, 0.05) is 29.3 Å². The SMILES string of the molecule is ON=CC1=CC[N+](=C[n+]2ccc(C=NO)cc2)C=C1. The van der Waals surface area contributed by atoms with Crippen molar-refractivity contribution in [1.82, 2.24) is 0 Å². The first kappa shape index (κ1) is 12.7. The minimum Gasteiger partial charge on any atom is -0.411 e. The van der Waals surface area contributed by atoms with Gasteiger partial charge >= 0.3 is 6.34 Å². The molecule has 96 valence electrons. The molecule has 0 radical (unpaired) electrons. The summed E-state index contributed by atoms with van der Waals surface area (Å²) in [5, 5.41) is 22.8. The maximum atomic E-state index is 8.43. The summed E-state index contributed by atoms with van der Waals surface area (Å²) in [7, 11) is 0. The predicted molar refractivity (Wildman–Crippen MR) is 70.1 cm³/mol. The van der Waals surface area contributed by atoms with Gasteiger partial charge in [0.05, 0.1) is 12.4 Å². The Hall–Kier alpha value is -2.76. The van der Waals surface area contributed by atoms with Crippen LogP contribution in [0.4, 0.5) is 0 Å². The lowest BCUT2D eigenvalue weighted by molar-refractivity contribution is -0.608. The van der Waals surface area contributed by atoms with Gasteiger partial charge in [-0.25, -0.2) is 0 Å². The molecule has 0 saturated carbocycles. The van der Waals surface area contributed by atoms with Crippen molar-refractivity contribution in [2.45, 2.75) is 0 Å². The second-order valence-corrected chi connectivity index (χ2v) is 3.90. The summed E-state index contributed by atoms with van der Waals surface area (Å²) in [5.41, 5.74) is 1.69. The van der Waals surface area contributed by atoms with Gasteiger partial charge in [-0.05, 0) is 6.08 Å². The molecule has 1 aromatic heterocycles. The fourth-order valence-electron chi connectivity index (χ4n) is 1.62. The van der Waals surface area contributed by atoms with Gasteiger partial charge in [-0.2, -0.15) is 0 Å². The summed E-state index contributed by atoms with van der Waals surface area (Å²) < 4.78 is 3.87. The third kappa shape index (κ3) is 3.60. The normalized spacial score (nSPS) is 17.5. The number of pyridine rings is 1. The molecular formula is C13H14N4O2+2. The third-order valence-corrected chi connectivity index (χ3v) is 2.57. The van der Waals surface area contributed by atoms with Crippen LogP contribution in [0.3, 0.4) is 0 Å². The second-order valence-electron chi connectivity index (χ2n) is 3.90. The van der Waals surface area contributed by atoms with Crippen LogP contribution in [0.5, 0.6) is 0 Å². The predicted octanol–water partition coefficient (Wildman–Crippen LogP) is 0.585. The summed E-state index contributed by atoms with van der Waals surface area (Å²) in [6, 6.07) is 3.67. The van der Waals surface area contributed by atoms with E-state index in [4.69, 9.17) is 10.4 Å². The number of nitrogens with zero attached hydrogens (tertiary/aromatic N) is 4. The topological polar surface area (TPSA) is 72.1 Å². The van der Waals surface area contributed by atoms with E-state index >= 15 is 0 Å². The smallest absolute Gasteiger partial charge is 0.411 e. The minimum atomic E-state index is 0.699. The Morgan fingerprint density at radius 1 is 1.11 bits per heavy atom. The summed E-state index contributed by atoms with van der Waals surface area (Å²) in [4.78, 5) is 0. The highest BCUT2D eigenvalue weighted by Crippen LogP contribution is 1.99. The Labute approximate surface area is 110 Å². The molecular weight excluding hydrogens is 244 g/mol. The van der Waals surface area contributed by atoms with Gasteiger partial charge < -0.3 is 10.4 Å². The van der Waals surface area contributed by atoms with Crippen LogP contribution in [0, 0.1) is 0 Å². The molecule has 0 aromatic carbocycles. The molecule has 6 nitrogen and oxygen atoms in total. The zero-order valence-corrected chi connectivity index (χ0v) is 10.2. The first-order chi connectivity index (χ1) is 9.31. The summed E-state index contributed by atoms with van der Waals surface area (Å²) in [6.45, 7) is 0.699. The van der Waals surface area contributed by atoms with Crippen LogP contribution >= 0.6 is 0 Å². The summed E-state index contributed by atoms with van der Waals surface area (Å²) in [6.07, 6.45) is 14.1. The molecule has 0 bridgehead atoms. The maximum absolute atomic E-state index is 8.43. The van der Waals surface area contributed by atoms with Crippen LogP contribution in [0.25, 0.3) is 0 Å². The Morgan fingerprint density at radius 2 is 1.84 bits per heavy atom. The molecule has 1 aliphatic heterocycles. The fourth-order valence-corrected chi connectivity index (χ4v) is 1.62. The molecule has 1 aromatic rings. The van der Waals surface area contributed by atoms with Crippen molar-refractivity contribution in [3.8, 4) is 0 Å². The van der Waals surface area contributed by atoms with Crippen molar-refractivity contribution < 1.29 is 19.6 Å². The number of hydrogen-bond donors (Lipinski definition) is 2. The lowest BCUT2D eigenvalue weighted by atomic mass is 10.2. The van der Waals surface area contributed by atoms with Crippen LogP contribution < -0.4 is 4.57 Å². The zero-order valence-electron chi connectivity index (χ0n) is 10.2. The van der Waals surface area contributed by atoms with Crippen molar-refractivity contribution in [3.63, 3.8) is 0 Å². The van der Waals surface area contributed by atoms with Crippen molar-refractivity contribution in [1.29, 1.82) is 0 Å². The second kappa shape index (κ2) is 6.25. The Bertz CT molecular complexity index is 583. The van der Waals surface area contributed by atoms with Gasteiger partial charge in [0.15, 0.2) is 25.1 Å². The molecule has 0 atom stereocenters. The molecule has 6 heteroatoms. The molecule has 0 saturated heterocycles. The van der Waals surface area contributed by atoms with E-state index < -0.39 is 0 Å². The molecule has 0 amide bonds. The van der Waals surface area contributed by atoms with Gasteiger partial charge in [0.25, 0.3) is 0 Å². The minimum absolute atomic E-state index is 0.699. The summed E-state index contributed by atoms with van der Waals surface area (Å²) >= 11 is 0. The van der Waals surface area contributed by atoms with Crippen LogP contribution in [0.2, 0.25) is 0 Å². The van der Waals surface area contributed by atoms with Gasteiger partial charge in [0.2, 0.25) is 0 Å². The average Bonchev–Trinajstić information content (AvgIpc) is 2.44. The number of allylic oxidation sites excluding steroid dienone is 2. The molecule has 0 spiro atoms. The molecule has 2 rings (SSSR count). The molecule has 2 heterocycles. The van der Waals surface area contributed by atoms with Crippen molar-refractivity contribution >= 4 is 18.8 Å². The van der Waals surface area contributed by atoms with Crippen LogP contribution in [0.1, 0.15) is 5.56 Å². The van der Waals surface area contributed by atoms with E-state index in [1.54, 1.807) is 0 Å². The Balaban J connectivity index is 2.09. The quantitative estimate of drug-likeness (QED) is 0.274. The highest BCUT2D eigenvalue weighted by molar-refractivity contribution is 5.81. The monoisotopic (exact) mass is 258 g/mol. The first-order valence-corrected chi connectivity index (χ1v) is 5.66. The van der Waals surface area contributed by atoms with E-state index in [-0.39, 0.29) is 0 Å². The molecule has 1 aliphatic rings. The van der Waals surface area contributed by atoms with E-state index in [2.05, 4.69) is 10.3 Å². The first-order valence-electron chi connectivity index (χ1n) is 5.66. The third-order valence-electron chi connectivity index (χ3n) is 2.57. The van der Waals surface area contributed by atoms with E-state index in [0.29, 0.717) is 6.54 Å². The van der Waals surface area contributed by atoms with Crippen molar-refractivity contribution in [2.24, 2.45) is 10.3 Å². The fraction of sp³-hybridized carbons (Fsp3) is 0.0769. The van der Waals surface area contributed by atoms with Gasteiger partial charge in [-0.15, -0.1) is 9.14 Å². The highest BCUT2D eigenvalue weighted by atomic mass is 16.4. The van der Waals surface area contributed by atoms with E-state index in [1.165, 1.54) is 12.4 Å². The van der Waals surface area contributed by atoms with Crippen molar-refractivity contribution in [2.75, 3.05) is 6.54 Å². The van der Waals surface area contributed by atoms with Gasteiger partial charge in [-0.3, -0.25) is 0 Å². The van der Waals surface area contributed by atoms with Crippen molar-refractivity contribution in [3.05, 3.63) is 54.0 Å².